The Hall–Kier alpha value is -3.07. The maximum atomic E-state index is 16.3. The SMILES string of the molecule is CC(C)OC(=O)[C@H](C)N[P@@](=O)(Oc1ccccc1)OC1[C@@]2(CCl)O[C@@H](n3cnc4c(N5CCCC5)nc(N)nc43)[C@H](F)[C@@]12O. The lowest BCUT2D eigenvalue weighted by molar-refractivity contribution is -0.149. The summed E-state index contributed by atoms with van der Waals surface area (Å²) in [6.07, 6.45) is -2.22. The van der Waals surface area contributed by atoms with Crippen molar-refractivity contribution in [3.05, 3.63) is 36.7 Å². The molecule has 3 fully saturated rings. The fraction of sp³-hybridized carbons (Fsp3) is 0.556. The Morgan fingerprint density at radius 2 is 1.98 bits per heavy atom. The maximum absolute atomic E-state index is 16.3. The van der Waals surface area contributed by atoms with Gasteiger partial charge in [-0.25, -0.2) is 13.9 Å². The molecule has 14 nitrogen and oxygen atoms in total. The van der Waals surface area contributed by atoms with Crippen LogP contribution in [0.25, 0.3) is 11.2 Å². The number of aromatic nitrogens is 4. The Morgan fingerprint density at radius 1 is 1.27 bits per heavy atom. The van der Waals surface area contributed by atoms with Crippen LogP contribution in [-0.2, 0) is 23.4 Å². The number of benzene rings is 1. The quantitative estimate of drug-likeness (QED) is 0.156. The molecule has 2 aromatic heterocycles. The van der Waals surface area contributed by atoms with Gasteiger partial charge < -0.3 is 29.7 Å². The molecule has 0 spiro atoms. The monoisotopic (exact) mass is 653 g/mol. The summed E-state index contributed by atoms with van der Waals surface area (Å²) in [4.78, 5) is 27.6. The molecule has 2 saturated heterocycles. The molecule has 4 N–H and O–H groups in total. The van der Waals surface area contributed by atoms with Crippen LogP contribution in [0.1, 0.15) is 39.8 Å². The molecule has 3 aromatic rings. The van der Waals surface area contributed by atoms with Crippen LogP contribution >= 0.6 is 19.3 Å². The number of ether oxygens (including phenoxy) is 2. The van der Waals surface area contributed by atoms with E-state index < -0.39 is 61.4 Å². The lowest BCUT2D eigenvalue weighted by Crippen LogP contribution is -2.38. The number of fused-ring (bicyclic) bond motifs is 2. The lowest BCUT2D eigenvalue weighted by Gasteiger charge is -2.27. The third-order valence-electron chi connectivity index (χ3n) is 7.99. The molecule has 1 aliphatic carbocycles. The highest BCUT2D eigenvalue weighted by atomic mass is 35.5. The highest BCUT2D eigenvalue weighted by molar-refractivity contribution is 7.52. The van der Waals surface area contributed by atoms with Crippen molar-refractivity contribution in [1.29, 1.82) is 0 Å². The van der Waals surface area contributed by atoms with Crippen molar-refractivity contribution >= 4 is 48.2 Å². The molecule has 1 aromatic carbocycles. The predicted molar refractivity (Wildman–Crippen MR) is 158 cm³/mol. The second-order valence-corrected chi connectivity index (χ2v) is 13.3. The first-order valence-corrected chi connectivity index (χ1v) is 16.4. The van der Waals surface area contributed by atoms with Crippen molar-refractivity contribution in [3.63, 3.8) is 0 Å². The first-order chi connectivity index (χ1) is 20.9. The summed E-state index contributed by atoms with van der Waals surface area (Å²) in [6, 6.07) is 6.89. The second kappa shape index (κ2) is 11.4. The van der Waals surface area contributed by atoms with Gasteiger partial charge >= 0.3 is 13.7 Å². The molecule has 0 radical (unpaired) electrons. The Morgan fingerprint density at radius 3 is 2.61 bits per heavy atom. The number of hydrogen-bond donors (Lipinski definition) is 3. The number of rotatable bonds is 11. The molecule has 17 heteroatoms. The van der Waals surface area contributed by atoms with E-state index in [1.807, 2.05) is 4.90 Å². The molecule has 0 bridgehead atoms. The van der Waals surface area contributed by atoms with Crippen LogP contribution in [0, 0.1) is 0 Å². The molecule has 0 amide bonds. The minimum Gasteiger partial charge on any atom is -0.462 e. The zero-order chi connectivity index (χ0) is 31.4. The standard InChI is InChI=1S/C27H34ClFN7O7P/c1-15(2)40-23(37)16(3)34-44(39,42-17-9-5-4-6-10-17)43-24-26(13-28)27(24,38)19(29)22(41-26)36-14-31-18-20(35-11-7-8-12-35)32-25(30)33-21(18)36/h4-6,9-10,14-16,19,22,24,38H,7-8,11-13H2,1-3H3,(H,34,39)(H2,30,32,33)/t16-,19-,22+,24?,26+,27+,44+/m0/s1. The minimum atomic E-state index is -4.49. The van der Waals surface area contributed by atoms with E-state index >= 15 is 4.39 Å². The summed E-state index contributed by atoms with van der Waals surface area (Å²) in [5.41, 5.74) is 2.47. The topological polar surface area (TPSA) is 176 Å². The molecule has 3 aliphatic rings. The number of nitrogen functional groups attached to an aromatic ring is 1. The number of anilines is 2. The van der Waals surface area contributed by atoms with E-state index in [0.29, 0.717) is 11.3 Å². The normalized spacial score (nSPS) is 29.9. The molecule has 4 heterocycles. The van der Waals surface area contributed by atoms with Crippen LogP contribution < -0.4 is 20.2 Å². The molecule has 2 aliphatic heterocycles. The van der Waals surface area contributed by atoms with Crippen molar-refractivity contribution in [2.45, 2.75) is 75.5 Å². The van der Waals surface area contributed by atoms with Crippen LogP contribution in [0.2, 0.25) is 0 Å². The Kier molecular flexibility index (Phi) is 8.00. The van der Waals surface area contributed by atoms with E-state index in [-0.39, 0.29) is 17.3 Å². The zero-order valence-corrected chi connectivity index (χ0v) is 26.0. The number of carbonyl (C=O) groups is 1. The van der Waals surface area contributed by atoms with Gasteiger partial charge in [-0.05, 0) is 45.7 Å². The third kappa shape index (κ3) is 5.09. The second-order valence-electron chi connectivity index (χ2n) is 11.4. The number of nitrogens with zero attached hydrogens (tertiary/aromatic N) is 5. The van der Waals surface area contributed by atoms with Gasteiger partial charge in [-0.15, -0.1) is 11.6 Å². The van der Waals surface area contributed by atoms with Crippen molar-refractivity contribution in [2.24, 2.45) is 0 Å². The smallest absolute Gasteiger partial charge is 0.459 e. The summed E-state index contributed by atoms with van der Waals surface area (Å²) in [5, 5.41) is 14.2. The summed E-state index contributed by atoms with van der Waals surface area (Å²) in [7, 11) is -4.49. The zero-order valence-electron chi connectivity index (χ0n) is 24.3. The number of hydrogen-bond acceptors (Lipinski definition) is 12. The number of aliphatic hydroxyl groups is 1. The van der Waals surface area contributed by atoms with Crippen molar-refractivity contribution < 1.29 is 37.4 Å². The van der Waals surface area contributed by atoms with Gasteiger partial charge in [0.1, 0.15) is 23.5 Å². The van der Waals surface area contributed by atoms with Crippen molar-refractivity contribution in [1.82, 2.24) is 24.6 Å². The molecule has 6 rings (SSSR count). The molecule has 238 valence electrons. The van der Waals surface area contributed by atoms with Gasteiger partial charge in [0.15, 0.2) is 35.0 Å². The third-order valence-corrected chi connectivity index (χ3v) is 10.0. The van der Waals surface area contributed by atoms with Gasteiger partial charge in [-0.3, -0.25) is 13.9 Å². The average Bonchev–Trinajstić information content (AvgIpc) is 3.51. The molecule has 44 heavy (non-hydrogen) atoms. The van der Waals surface area contributed by atoms with Crippen LogP contribution in [-0.4, -0.2) is 85.2 Å². The Labute approximate surface area is 257 Å². The number of para-hydroxylation sites is 1. The van der Waals surface area contributed by atoms with E-state index in [1.54, 1.807) is 32.0 Å². The number of imidazole rings is 1. The van der Waals surface area contributed by atoms with Gasteiger partial charge in [-0.2, -0.15) is 15.1 Å². The highest BCUT2D eigenvalue weighted by Gasteiger charge is 2.90. The fourth-order valence-electron chi connectivity index (χ4n) is 5.79. The van der Waals surface area contributed by atoms with Crippen LogP contribution in [0.5, 0.6) is 5.75 Å². The summed E-state index contributed by atoms with van der Waals surface area (Å²) in [5.74, 6) is -0.503. The van der Waals surface area contributed by atoms with Gasteiger partial charge in [0.2, 0.25) is 5.95 Å². The molecular weight excluding hydrogens is 620 g/mol. The number of esters is 1. The predicted octanol–water partition coefficient (Wildman–Crippen LogP) is 3.10. The maximum Gasteiger partial charge on any atom is 0.459 e. The summed E-state index contributed by atoms with van der Waals surface area (Å²) >= 11 is 6.29. The summed E-state index contributed by atoms with van der Waals surface area (Å²) in [6.45, 7) is 6.28. The first-order valence-electron chi connectivity index (χ1n) is 14.3. The van der Waals surface area contributed by atoms with Crippen molar-refractivity contribution in [2.75, 3.05) is 29.6 Å². The Bertz CT molecular complexity index is 1590. The van der Waals surface area contributed by atoms with Gasteiger partial charge in [-0.1, -0.05) is 18.2 Å². The van der Waals surface area contributed by atoms with Gasteiger partial charge in [0.05, 0.1) is 18.3 Å². The van der Waals surface area contributed by atoms with E-state index in [9.17, 15) is 14.5 Å². The van der Waals surface area contributed by atoms with E-state index in [1.165, 1.54) is 30.0 Å². The largest absolute Gasteiger partial charge is 0.462 e. The lowest BCUT2D eigenvalue weighted by atomic mass is 10.1. The van der Waals surface area contributed by atoms with Crippen LogP contribution in [0.4, 0.5) is 16.2 Å². The van der Waals surface area contributed by atoms with Crippen molar-refractivity contribution in [3.8, 4) is 5.75 Å². The van der Waals surface area contributed by atoms with Gasteiger partial charge in [0.25, 0.3) is 0 Å². The highest BCUT2D eigenvalue weighted by Crippen LogP contribution is 2.69. The number of nitrogens with two attached hydrogens (primary N) is 1. The first kappa shape index (κ1) is 30.9. The van der Waals surface area contributed by atoms with E-state index in [4.69, 9.17) is 35.9 Å². The molecule has 7 atom stereocenters. The van der Waals surface area contributed by atoms with E-state index in [2.05, 4.69) is 20.0 Å². The molecular formula is C27H34ClFN7O7P. The molecule has 1 unspecified atom stereocenters. The fourth-order valence-corrected chi connectivity index (χ4v) is 7.95. The van der Waals surface area contributed by atoms with Gasteiger partial charge in [0, 0.05) is 13.1 Å². The number of carbonyl (C=O) groups excluding carboxylic acids is 1. The Balaban J connectivity index is 1.28. The van der Waals surface area contributed by atoms with Crippen LogP contribution in [0.3, 0.4) is 0 Å². The number of halogens is 2. The molecule has 1 saturated carbocycles. The van der Waals surface area contributed by atoms with Crippen LogP contribution in [0.15, 0.2) is 36.7 Å². The number of nitrogens with one attached hydrogen (secondary N) is 1. The average molecular weight is 654 g/mol. The van der Waals surface area contributed by atoms with E-state index in [0.717, 1.165) is 25.9 Å². The minimum absolute atomic E-state index is 0.0260. The number of alkyl halides is 2. The summed E-state index contributed by atoms with van der Waals surface area (Å²) < 4.78 is 54.6.